The van der Waals surface area contributed by atoms with E-state index in [1.54, 1.807) is 0 Å². The molecule has 1 fully saturated rings. The lowest BCUT2D eigenvalue weighted by atomic mass is 9.56. The smallest absolute Gasteiger partial charge is 0.257 e. The van der Waals surface area contributed by atoms with Gasteiger partial charge in [0, 0.05) is 25.0 Å². The predicted molar refractivity (Wildman–Crippen MR) is 67.0 cm³/mol. The first-order valence-corrected chi connectivity index (χ1v) is 6.36. The number of nitrogens with one attached hydrogen (secondary N) is 1. The minimum absolute atomic E-state index is 0.0252. The molecule has 0 radical (unpaired) electrons. The summed E-state index contributed by atoms with van der Waals surface area (Å²) in [4.78, 5) is 11.4. The van der Waals surface area contributed by atoms with Crippen LogP contribution in [0.3, 0.4) is 0 Å². The predicted octanol–water partition coefficient (Wildman–Crippen LogP) is 1.42. The summed E-state index contributed by atoms with van der Waals surface area (Å²) < 4.78 is 18.9. The lowest BCUT2D eigenvalue weighted by Gasteiger charge is -2.58. The van der Waals surface area contributed by atoms with Crippen LogP contribution in [-0.4, -0.2) is 41.5 Å². The summed E-state index contributed by atoms with van der Waals surface area (Å²) in [5, 5.41) is 12.9. The Morgan fingerprint density at radius 2 is 2.11 bits per heavy atom. The molecule has 0 bridgehead atoms. The average Bonchev–Trinajstić information content (AvgIpc) is 2.24. The second-order valence-corrected chi connectivity index (χ2v) is 6.06. The van der Waals surface area contributed by atoms with Gasteiger partial charge in [-0.05, 0) is 20.8 Å². The van der Waals surface area contributed by atoms with E-state index < -0.39 is 22.6 Å². The van der Waals surface area contributed by atoms with E-state index in [2.05, 4.69) is 5.32 Å². The summed E-state index contributed by atoms with van der Waals surface area (Å²) in [6.07, 6.45) is 0.434. The van der Waals surface area contributed by atoms with Crippen molar-refractivity contribution >= 4 is 5.91 Å². The first-order chi connectivity index (χ1) is 8.04. The van der Waals surface area contributed by atoms with Gasteiger partial charge >= 0.3 is 0 Å². The molecule has 0 aromatic rings. The molecule has 0 unspecified atom stereocenters. The number of hydrogen-bond donors (Lipinski definition) is 2. The molecule has 1 saturated carbocycles. The van der Waals surface area contributed by atoms with Crippen LogP contribution < -0.4 is 5.32 Å². The Morgan fingerprint density at radius 3 is 2.50 bits per heavy atom. The van der Waals surface area contributed by atoms with Crippen molar-refractivity contribution < 1.29 is 19.0 Å². The molecule has 106 valence electrons. The SMILES string of the molecule is CCO[C@@H]1C[C@](O)(CNC(=O)C(C)(C)F)C1(C)C. The van der Waals surface area contributed by atoms with Crippen LogP contribution in [0.4, 0.5) is 4.39 Å². The van der Waals surface area contributed by atoms with Crippen LogP contribution >= 0.6 is 0 Å². The second-order valence-electron chi connectivity index (χ2n) is 6.06. The zero-order valence-corrected chi connectivity index (χ0v) is 11.8. The largest absolute Gasteiger partial charge is 0.387 e. The van der Waals surface area contributed by atoms with Crippen molar-refractivity contribution in [1.29, 1.82) is 0 Å². The van der Waals surface area contributed by atoms with Gasteiger partial charge in [-0.25, -0.2) is 4.39 Å². The van der Waals surface area contributed by atoms with Gasteiger partial charge in [-0.3, -0.25) is 4.79 Å². The normalized spacial score (nSPS) is 30.7. The molecule has 2 atom stereocenters. The monoisotopic (exact) mass is 261 g/mol. The molecule has 1 aliphatic rings. The first kappa shape index (κ1) is 15.4. The summed E-state index contributed by atoms with van der Waals surface area (Å²) in [7, 11) is 0. The molecule has 0 aliphatic heterocycles. The van der Waals surface area contributed by atoms with E-state index in [4.69, 9.17) is 4.74 Å². The second kappa shape index (κ2) is 4.78. The van der Waals surface area contributed by atoms with Gasteiger partial charge in [-0.2, -0.15) is 0 Å². The van der Waals surface area contributed by atoms with Crippen LogP contribution in [0.25, 0.3) is 0 Å². The maximum absolute atomic E-state index is 13.4. The topological polar surface area (TPSA) is 58.6 Å². The van der Waals surface area contributed by atoms with Gasteiger partial charge in [0.1, 0.15) is 0 Å². The van der Waals surface area contributed by atoms with E-state index in [1.807, 2.05) is 20.8 Å². The van der Waals surface area contributed by atoms with Crippen molar-refractivity contribution in [2.45, 2.75) is 58.4 Å². The van der Waals surface area contributed by atoms with Crippen LogP contribution in [0.2, 0.25) is 0 Å². The van der Waals surface area contributed by atoms with Crippen molar-refractivity contribution in [3.8, 4) is 0 Å². The number of hydrogen-bond acceptors (Lipinski definition) is 3. The maximum Gasteiger partial charge on any atom is 0.257 e. The number of aliphatic hydroxyl groups is 1. The zero-order valence-electron chi connectivity index (χ0n) is 11.8. The summed E-state index contributed by atoms with van der Waals surface area (Å²) in [6.45, 7) is 8.72. The number of amides is 1. The van der Waals surface area contributed by atoms with Gasteiger partial charge in [0.25, 0.3) is 5.91 Å². The Kier molecular flexibility index (Phi) is 4.08. The Bertz CT molecular complexity index is 325. The molecule has 0 saturated heterocycles. The van der Waals surface area contributed by atoms with E-state index in [9.17, 15) is 14.3 Å². The minimum Gasteiger partial charge on any atom is -0.387 e. The number of carbonyl (C=O) groups excluding carboxylic acids is 1. The fraction of sp³-hybridized carbons (Fsp3) is 0.923. The molecule has 0 aromatic carbocycles. The van der Waals surface area contributed by atoms with Crippen molar-refractivity contribution in [2.24, 2.45) is 5.41 Å². The van der Waals surface area contributed by atoms with E-state index >= 15 is 0 Å². The van der Waals surface area contributed by atoms with Gasteiger partial charge in [0.2, 0.25) is 0 Å². The van der Waals surface area contributed by atoms with Gasteiger partial charge in [-0.15, -0.1) is 0 Å². The number of ether oxygens (including phenoxy) is 1. The molecular formula is C13H24FNO3. The van der Waals surface area contributed by atoms with Crippen LogP contribution in [0.1, 0.15) is 41.0 Å². The molecule has 0 aromatic heterocycles. The fourth-order valence-electron chi connectivity index (χ4n) is 2.20. The van der Waals surface area contributed by atoms with Gasteiger partial charge < -0.3 is 15.2 Å². The van der Waals surface area contributed by atoms with E-state index in [0.29, 0.717) is 13.0 Å². The number of rotatable bonds is 5. The molecule has 0 spiro atoms. The lowest BCUT2D eigenvalue weighted by Crippen LogP contribution is -2.69. The lowest BCUT2D eigenvalue weighted by molar-refractivity contribution is -0.238. The Hall–Kier alpha value is -0.680. The Morgan fingerprint density at radius 1 is 1.56 bits per heavy atom. The summed E-state index contributed by atoms with van der Waals surface area (Å²) in [5.74, 6) is -0.702. The highest BCUT2D eigenvalue weighted by Gasteiger charge is 2.60. The molecule has 4 nitrogen and oxygen atoms in total. The van der Waals surface area contributed by atoms with E-state index in [0.717, 1.165) is 0 Å². The Balaban J connectivity index is 2.56. The van der Waals surface area contributed by atoms with E-state index in [1.165, 1.54) is 13.8 Å². The third-order valence-electron chi connectivity index (χ3n) is 3.98. The van der Waals surface area contributed by atoms with Crippen molar-refractivity contribution in [1.82, 2.24) is 5.32 Å². The third kappa shape index (κ3) is 2.67. The van der Waals surface area contributed by atoms with Crippen LogP contribution in [0, 0.1) is 5.41 Å². The van der Waals surface area contributed by atoms with Crippen molar-refractivity contribution in [3.05, 3.63) is 0 Å². The summed E-state index contributed by atoms with van der Waals surface area (Å²) >= 11 is 0. The molecule has 1 aliphatic carbocycles. The highest BCUT2D eigenvalue weighted by atomic mass is 19.1. The quantitative estimate of drug-likeness (QED) is 0.787. The number of carbonyl (C=O) groups is 1. The van der Waals surface area contributed by atoms with Gasteiger partial charge in [-0.1, -0.05) is 13.8 Å². The molecule has 1 rings (SSSR count). The molecule has 18 heavy (non-hydrogen) atoms. The molecule has 0 heterocycles. The third-order valence-corrected chi connectivity index (χ3v) is 3.98. The molecule has 2 N–H and O–H groups in total. The minimum atomic E-state index is -1.93. The Labute approximate surface area is 108 Å². The number of alkyl halides is 1. The van der Waals surface area contributed by atoms with Crippen molar-refractivity contribution in [3.63, 3.8) is 0 Å². The van der Waals surface area contributed by atoms with Crippen LogP contribution in [0.15, 0.2) is 0 Å². The van der Waals surface area contributed by atoms with Crippen molar-refractivity contribution in [2.75, 3.05) is 13.2 Å². The maximum atomic E-state index is 13.4. The fourth-order valence-corrected chi connectivity index (χ4v) is 2.20. The highest BCUT2D eigenvalue weighted by molar-refractivity contribution is 5.84. The zero-order chi connectivity index (χ0) is 14.2. The van der Waals surface area contributed by atoms with E-state index in [-0.39, 0.29) is 12.6 Å². The molecule has 5 heteroatoms. The first-order valence-electron chi connectivity index (χ1n) is 6.36. The van der Waals surface area contributed by atoms with Gasteiger partial charge in [0.15, 0.2) is 5.67 Å². The standard InChI is InChI=1S/C13H24FNO3/c1-6-18-9-7-13(17,11(9,2)3)8-15-10(16)12(4,5)14/h9,17H,6-8H2,1-5H3,(H,15,16)/t9-,13+/m1/s1. The summed E-state index contributed by atoms with van der Waals surface area (Å²) in [6, 6.07) is 0. The molecule has 1 amide bonds. The average molecular weight is 261 g/mol. The number of halogens is 1. The van der Waals surface area contributed by atoms with Crippen LogP contribution in [0.5, 0.6) is 0 Å². The highest BCUT2D eigenvalue weighted by Crippen LogP contribution is 2.50. The van der Waals surface area contributed by atoms with Crippen LogP contribution in [-0.2, 0) is 9.53 Å². The molecular weight excluding hydrogens is 237 g/mol. The summed E-state index contributed by atoms with van der Waals surface area (Å²) in [5.41, 5.74) is -3.41. The van der Waals surface area contributed by atoms with Gasteiger partial charge in [0.05, 0.1) is 11.7 Å².